The molecule has 0 spiro atoms. The van der Waals surface area contributed by atoms with E-state index in [4.69, 9.17) is 10.8 Å². The van der Waals surface area contributed by atoms with Crippen molar-refractivity contribution in [1.82, 2.24) is 26.2 Å². The van der Waals surface area contributed by atoms with Crippen LogP contribution < -0.4 is 27.0 Å². The number of aryl methyl sites for hydroxylation is 1. The number of rotatable bonds is 25. The molecule has 0 saturated carbocycles. The Hall–Kier alpha value is -5.86. The van der Waals surface area contributed by atoms with Gasteiger partial charge in [0.05, 0.1) is 24.9 Å². The van der Waals surface area contributed by atoms with Gasteiger partial charge in [-0.05, 0) is 49.1 Å². The lowest BCUT2D eigenvalue weighted by atomic mass is 9.83. The van der Waals surface area contributed by atoms with Crippen molar-refractivity contribution in [3.05, 3.63) is 35.4 Å². The minimum Gasteiger partial charge on any atom is -0.481 e. The minimum atomic E-state index is -3.36. The van der Waals surface area contributed by atoms with Crippen LogP contribution in [0.25, 0.3) is 0 Å². The third-order valence-corrected chi connectivity index (χ3v) is 9.11. The highest BCUT2D eigenvalue weighted by Gasteiger charge is 2.46. The largest absolute Gasteiger partial charge is 0.481 e. The number of nitrogens with two attached hydrogens (primary N) is 1. The molecule has 0 aliphatic heterocycles. The number of nitrogens with one attached hydrogen (secondary N) is 4. The molecule has 0 fully saturated rings. The van der Waals surface area contributed by atoms with Crippen LogP contribution in [0.2, 0.25) is 0 Å². The van der Waals surface area contributed by atoms with Gasteiger partial charge in [0, 0.05) is 25.7 Å². The highest BCUT2D eigenvalue weighted by molar-refractivity contribution is 6.05. The molecule has 61 heavy (non-hydrogen) atoms. The second-order valence-corrected chi connectivity index (χ2v) is 16.4. The summed E-state index contributed by atoms with van der Waals surface area (Å²) in [5, 5.41) is 37.2. The Balaban J connectivity index is 3.95. The van der Waals surface area contributed by atoms with Crippen LogP contribution in [0.15, 0.2) is 24.3 Å². The second kappa shape index (κ2) is 23.8. The first-order chi connectivity index (χ1) is 28.1. The lowest BCUT2D eigenvalue weighted by Crippen LogP contribution is -2.64. The van der Waals surface area contributed by atoms with E-state index in [0.29, 0.717) is 23.0 Å². The highest BCUT2D eigenvalue weighted by Crippen LogP contribution is 2.28. The van der Waals surface area contributed by atoms with Gasteiger partial charge in [-0.25, -0.2) is 8.78 Å². The number of carboxylic acids is 3. The molecule has 1 rings (SSSR count). The van der Waals surface area contributed by atoms with Gasteiger partial charge in [0.15, 0.2) is 0 Å². The van der Waals surface area contributed by atoms with E-state index >= 15 is 0 Å². The number of nitrogens with zero attached hydrogens (tertiary/aromatic N) is 1. The fourth-order valence-electron chi connectivity index (χ4n) is 6.18. The van der Waals surface area contributed by atoms with E-state index in [1.165, 1.54) is 20.8 Å². The zero-order chi connectivity index (χ0) is 47.0. The van der Waals surface area contributed by atoms with Gasteiger partial charge in [-0.1, -0.05) is 58.9 Å². The van der Waals surface area contributed by atoms with Gasteiger partial charge < -0.3 is 47.1 Å². The fourth-order valence-corrected chi connectivity index (χ4v) is 6.18. The Morgan fingerprint density at radius 2 is 1.30 bits per heavy atom. The quantitative estimate of drug-likeness (QED) is 0.0638. The Labute approximate surface area is 351 Å². The molecule has 9 N–H and O–H groups in total. The third-order valence-electron chi connectivity index (χ3n) is 9.11. The molecule has 19 nitrogen and oxygen atoms in total. The number of carbonyl (C=O) groups is 10. The summed E-state index contributed by atoms with van der Waals surface area (Å²) < 4.78 is 27.6. The molecule has 21 heteroatoms. The van der Waals surface area contributed by atoms with Gasteiger partial charge in [0.2, 0.25) is 35.5 Å². The number of carboxylic acid groups (broad SMARTS) is 3. The van der Waals surface area contributed by atoms with E-state index < -0.39 is 139 Å². The van der Waals surface area contributed by atoms with Crippen LogP contribution in [-0.2, 0) is 54.4 Å². The molecule has 0 saturated heterocycles. The molecule has 340 valence electrons. The second-order valence-electron chi connectivity index (χ2n) is 16.4. The smallest absolute Gasteiger partial charge is 0.305 e. The molecule has 6 amide bonds. The molecule has 0 aliphatic rings. The molecule has 0 aromatic heterocycles. The third kappa shape index (κ3) is 18.9. The Kier molecular flexibility index (Phi) is 20.7. The van der Waals surface area contributed by atoms with Crippen LogP contribution in [0, 0.1) is 18.3 Å². The summed E-state index contributed by atoms with van der Waals surface area (Å²) in [6.45, 7) is 9.87. The minimum absolute atomic E-state index is 0.105. The number of benzene rings is 1. The summed E-state index contributed by atoms with van der Waals surface area (Å²) in [7, 11) is 0. The van der Waals surface area contributed by atoms with Gasteiger partial charge in [0.25, 0.3) is 5.91 Å². The highest BCUT2D eigenvalue weighted by atomic mass is 19.3. The van der Waals surface area contributed by atoms with Crippen molar-refractivity contribution in [3.63, 3.8) is 0 Å². The topological polar surface area (TPSA) is 309 Å². The van der Waals surface area contributed by atoms with Gasteiger partial charge in [-0.3, -0.25) is 48.1 Å². The van der Waals surface area contributed by atoms with Crippen LogP contribution in [0.4, 0.5) is 8.78 Å². The maximum absolute atomic E-state index is 14.9. The Morgan fingerprint density at radius 3 is 1.79 bits per heavy atom. The van der Waals surface area contributed by atoms with Crippen molar-refractivity contribution in [2.75, 3.05) is 0 Å². The molecule has 6 atom stereocenters. The van der Waals surface area contributed by atoms with E-state index in [1.807, 2.05) is 0 Å². The zero-order valence-electron chi connectivity index (χ0n) is 35.3. The number of hydrogen-bond acceptors (Lipinski definition) is 11. The van der Waals surface area contributed by atoms with Crippen LogP contribution in [-0.4, -0.2) is 122 Å². The molecule has 0 radical (unpaired) electrons. The number of hydrogen-bond donors (Lipinski definition) is 8. The normalized spacial score (nSPS) is 14.5. The van der Waals surface area contributed by atoms with E-state index in [1.54, 1.807) is 45.0 Å². The van der Waals surface area contributed by atoms with Crippen LogP contribution in [0.3, 0.4) is 0 Å². The van der Waals surface area contributed by atoms with Crippen LogP contribution in [0.5, 0.6) is 0 Å². The lowest BCUT2D eigenvalue weighted by molar-refractivity contribution is -0.159. The average molecular weight is 869 g/mol. The maximum Gasteiger partial charge on any atom is 0.305 e. The molecule has 0 bridgehead atoms. The zero-order valence-corrected chi connectivity index (χ0v) is 35.3. The Morgan fingerprint density at radius 1 is 0.754 bits per heavy atom. The number of aldehydes is 1. The van der Waals surface area contributed by atoms with E-state index in [9.17, 15) is 66.9 Å². The molecule has 0 heterocycles. The summed E-state index contributed by atoms with van der Waals surface area (Å²) in [4.78, 5) is 130. The summed E-state index contributed by atoms with van der Waals surface area (Å²) in [5.41, 5.74) is 5.27. The van der Waals surface area contributed by atoms with E-state index in [0.717, 1.165) is 0 Å². The van der Waals surface area contributed by atoms with Crippen LogP contribution in [0.1, 0.15) is 97.6 Å². The number of amides is 6. The van der Waals surface area contributed by atoms with Crippen molar-refractivity contribution in [2.45, 2.75) is 142 Å². The molecule has 0 aliphatic carbocycles. The maximum atomic E-state index is 14.9. The van der Waals surface area contributed by atoms with Crippen molar-refractivity contribution >= 4 is 59.6 Å². The lowest BCUT2D eigenvalue weighted by Gasteiger charge is -2.40. The predicted molar refractivity (Wildman–Crippen MR) is 212 cm³/mol. The number of imide groups is 1. The summed E-state index contributed by atoms with van der Waals surface area (Å²) in [6.07, 6.45) is -5.24. The monoisotopic (exact) mass is 868 g/mol. The number of aliphatic carboxylic acids is 3. The number of halogens is 2. The molecule has 1 aromatic rings. The van der Waals surface area contributed by atoms with E-state index in [-0.39, 0.29) is 25.0 Å². The standard InChI is InChI=1S/C40H58F2N6O13/c1-21(2)16-27(36(59)44-24(20-49)19-40(7,41)42)46-37(60)33(39(4,5)6)48(29(50)13-15-31(53)54)38(61)28(17-23-11-9-8-10-22(23)3)47-35(58)26(12-14-30(51)52)45-34(57)25(43)18-32(55)56/h8-11,20-21,24-28,33H,12-19,43H2,1-7H3,(H,44,59)(H,45,57)(H,46,60)(H,47,58)(H,51,52)(H,53,54)(H,55,56)/t24?,25-,26-,27-,28-,33+/m0/s1. The van der Waals surface area contributed by atoms with Crippen molar-refractivity contribution in [3.8, 4) is 0 Å². The summed E-state index contributed by atoms with van der Waals surface area (Å²) in [5.74, 6) is -14.9. The number of alkyl halides is 2. The van der Waals surface area contributed by atoms with Gasteiger partial charge in [-0.2, -0.15) is 0 Å². The van der Waals surface area contributed by atoms with Crippen molar-refractivity contribution < 1.29 is 72.0 Å². The first kappa shape index (κ1) is 53.2. The van der Waals surface area contributed by atoms with Gasteiger partial charge in [-0.15, -0.1) is 0 Å². The van der Waals surface area contributed by atoms with Gasteiger partial charge in [0.1, 0.15) is 30.5 Å². The molecular formula is C40H58F2N6O13. The van der Waals surface area contributed by atoms with Gasteiger partial charge >= 0.3 is 17.9 Å². The van der Waals surface area contributed by atoms with Crippen molar-refractivity contribution in [1.29, 1.82) is 0 Å². The fraction of sp³-hybridized carbons (Fsp3) is 0.600. The SMILES string of the molecule is Cc1ccccc1C[C@H](NC(=O)[C@H](CCC(=O)O)NC(=O)[C@@H](N)CC(=O)O)C(=O)N(C(=O)CCC(=O)O)[C@H](C(=O)N[C@@H](CC(C)C)C(=O)NC(C=O)CC(C)(F)F)C(C)(C)C. The Bertz CT molecular complexity index is 1780. The molecule has 1 aromatic carbocycles. The predicted octanol–water partition coefficient (Wildman–Crippen LogP) is 1.07. The summed E-state index contributed by atoms with van der Waals surface area (Å²) >= 11 is 0. The molecular weight excluding hydrogens is 810 g/mol. The first-order valence-corrected chi connectivity index (χ1v) is 19.4. The summed E-state index contributed by atoms with van der Waals surface area (Å²) in [6, 6.07) is -3.71. The molecule has 1 unspecified atom stereocenters. The first-order valence-electron chi connectivity index (χ1n) is 19.4. The number of carbonyl (C=O) groups excluding carboxylic acids is 7. The van der Waals surface area contributed by atoms with Crippen molar-refractivity contribution in [2.24, 2.45) is 17.1 Å². The van der Waals surface area contributed by atoms with E-state index in [2.05, 4.69) is 21.3 Å². The van der Waals surface area contributed by atoms with Crippen LogP contribution >= 0.6 is 0 Å². The average Bonchev–Trinajstić information content (AvgIpc) is 3.12.